The number of rotatable bonds is 6. The van der Waals surface area contributed by atoms with Gasteiger partial charge in [-0.1, -0.05) is 18.2 Å². The van der Waals surface area contributed by atoms with E-state index in [-0.39, 0.29) is 11.8 Å². The number of carbonyl (C=O) groups is 1. The lowest BCUT2D eigenvalue weighted by atomic mass is 10.3. The average Bonchev–Trinajstić information content (AvgIpc) is 2.86. The van der Waals surface area contributed by atoms with Crippen LogP contribution in [0.1, 0.15) is 25.7 Å². The molecular formula is C14H17N3OS. The van der Waals surface area contributed by atoms with Crippen LogP contribution in [0.15, 0.2) is 41.6 Å². The van der Waals surface area contributed by atoms with Crippen molar-refractivity contribution in [2.45, 2.75) is 31.2 Å². The molecule has 1 aromatic carbocycles. The molecular weight excluding hydrogens is 258 g/mol. The number of carbonyl (C=O) groups excluding carboxylic acids is 1. The molecule has 4 nitrogen and oxygen atoms in total. The average molecular weight is 275 g/mol. The second-order valence-corrected chi connectivity index (χ2v) is 5.58. The first-order valence-electron chi connectivity index (χ1n) is 6.24. The summed E-state index contributed by atoms with van der Waals surface area (Å²) < 4.78 is 1.80. The molecule has 0 radical (unpaired) electrons. The van der Waals surface area contributed by atoms with E-state index in [0.717, 1.165) is 10.7 Å². The molecule has 0 aliphatic carbocycles. The highest BCUT2D eigenvalue weighted by Crippen LogP contribution is 2.17. The summed E-state index contributed by atoms with van der Waals surface area (Å²) in [5.41, 5.74) is 0. The van der Waals surface area contributed by atoms with Crippen LogP contribution < -0.4 is 0 Å². The SMILES string of the molecule is CC(C)n1ncnc1CC(=O)CSc1ccccc1. The summed E-state index contributed by atoms with van der Waals surface area (Å²) in [5, 5.41) is 4.13. The topological polar surface area (TPSA) is 47.8 Å². The lowest BCUT2D eigenvalue weighted by Gasteiger charge is -2.08. The molecule has 0 aliphatic heterocycles. The predicted molar refractivity (Wildman–Crippen MR) is 76.3 cm³/mol. The van der Waals surface area contributed by atoms with Gasteiger partial charge in [0.25, 0.3) is 0 Å². The van der Waals surface area contributed by atoms with Crippen molar-refractivity contribution >= 4 is 17.5 Å². The number of thioether (sulfide) groups is 1. The number of aromatic nitrogens is 3. The minimum atomic E-state index is 0.170. The number of Topliss-reactive ketones (excluding diaryl/α,β-unsaturated/α-hetero) is 1. The fraction of sp³-hybridized carbons (Fsp3) is 0.357. The Labute approximate surface area is 117 Å². The van der Waals surface area contributed by atoms with Crippen molar-refractivity contribution in [1.29, 1.82) is 0 Å². The molecule has 19 heavy (non-hydrogen) atoms. The van der Waals surface area contributed by atoms with Crippen LogP contribution in [0.3, 0.4) is 0 Å². The number of nitrogens with zero attached hydrogens (tertiary/aromatic N) is 3. The third kappa shape index (κ3) is 3.92. The van der Waals surface area contributed by atoms with Gasteiger partial charge in [0, 0.05) is 10.9 Å². The van der Waals surface area contributed by atoms with Crippen LogP contribution in [-0.2, 0) is 11.2 Å². The number of ketones is 1. The van der Waals surface area contributed by atoms with Crippen molar-refractivity contribution in [2.75, 3.05) is 5.75 Å². The van der Waals surface area contributed by atoms with Gasteiger partial charge < -0.3 is 0 Å². The minimum Gasteiger partial charge on any atom is -0.298 e. The summed E-state index contributed by atoms with van der Waals surface area (Å²) in [7, 11) is 0. The van der Waals surface area contributed by atoms with Gasteiger partial charge in [0.05, 0.1) is 12.2 Å². The lowest BCUT2D eigenvalue weighted by Crippen LogP contribution is -2.14. The van der Waals surface area contributed by atoms with Gasteiger partial charge in [0.15, 0.2) is 5.78 Å². The molecule has 0 saturated heterocycles. The number of hydrogen-bond donors (Lipinski definition) is 0. The first-order valence-corrected chi connectivity index (χ1v) is 7.23. The fourth-order valence-corrected chi connectivity index (χ4v) is 2.52. The second kappa shape index (κ2) is 6.52. The zero-order valence-corrected chi connectivity index (χ0v) is 11.9. The number of hydrogen-bond acceptors (Lipinski definition) is 4. The van der Waals surface area contributed by atoms with Gasteiger partial charge in [0.1, 0.15) is 12.2 Å². The van der Waals surface area contributed by atoms with Gasteiger partial charge in [-0.15, -0.1) is 11.8 Å². The summed E-state index contributed by atoms with van der Waals surface area (Å²) in [6, 6.07) is 10.2. The van der Waals surface area contributed by atoms with Gasteiger partial charge >= 0.3 is 0 Å². The summed E-state index contributed by atoms with van der Waals surface area (Å²) >= 11 is 1.56. The maximum absolute atomic E-state index is 12.0. The maximum atomic E-state index is 12.0. The summed E-state index contributed by atoms with van der Waals surface area (Å²) in [5.74, 6) is 1.38. The molecule has 0 spiro atoms. The van der Waals surface area contributed by atoms with Crippen LogP contribution >= 0.6 is 11.8 Å². The van der Waals surface area contributed by atoms with Crippen LogP contribution in [-0.4, -0.2) is 26.3 Å². The molecule has 0 bridgehead atoms. The summed E-state index contributed by atoms with van der Waals surface area (Å²) in [4.78, 5) is 17.2. The smallest absolute Gasteiger partial charge is 0.150 e. The lowest BCUT2D eigenvalue weighted by molar-refractivity contribution is -0.116. The Morgan fingerprint density at radius 2 is 2.05 bits per heavy atom. The molecule has 2 rings (SSSR count). The van der Waals surface area contributed by atoms with Crippen LogP contribution in [0.4, 0.5) is 0 Å². The van der Waals surface area contributed by atoms with E-state index in [1.807, 2.05) is 44.2 Å². The van der Waals surface area contributed by atoms with Crippen molar-refractivity contribution in [1.82, 2.24) is 14.8 Å². The monoisotopic (exact) mass is 275 g/mol. The van der Waals surface area contributed by atoms with Crippen molar-refractivity contribution in [3.63, 3.8) is 0 Å². The third-order valence-corrected chi connectivity index (χ3v) is 3.71. The van der Waals surface area contributed by atoms with E-state index in [9.17, 15) is 4.79 Å². The van der Waals surface area contributed by atoms with Crippen molar-refractivity contribution < 1.29 is 4.79 Å². The molecule has 0 atom stereocenters. The predicted octanol–water partition coefficient (Wildman–Crippen LogP) is 2.76. The van der Waals surface area contributed by atoms with Gasteiger partial charge in [-0.3, -0.25) is 4.79 Å². The Morgan fingerprint density at radius 1 is 1.32 bits per heavy atom. The second-order valence-electron chi connectivity index (χ2n) is 4.53. The van der Waals surface area contributed by atoms with Crippen LogP contribution in [0.25, 0.3) is 0 Å². The fourth-order valence-electron chi connectivity index (χ4n) is 1.74. The highest BCUT2D eigenvalue weighted by molar-refractivity contribution is 8.00. The Bertz CT molecular complexity index is 537. The van der Waals surface area contributed by atoms with Gasteiger partial charge in [-0.25, -0.2) is 9.67 Å². The molecule has 2 aromatic rings. The Kier molecular flexibility index (Phi) is 4.74. The quantitative estimate of drug-likeness (QED) is 0.761. The first-order chi connectivity index (χ1) is 9.16. The molecule has 0 fully saturated rings. The highest BCUT2D eigenvalue weighted by atomic mass is 32.2. The van der Waals surface area contributed by atoms with E-state index in [4.69, 9.17) is 0 Å². The molecule has 0 N–H and O–H groups in total. The molecule has 0 aliphatic rings. The normalized spacial score (nSPS) is 10.9. The van der Waals surface area contributed by atoms with Crippen molar-refractivity contribution in [2.24, 2.45) is 0 Å². The molecule has 1 aromatic heterocycles. The zero-order chi connectivity index (χ0) is 13.7. The van der Waals surface area contributed by atoms with Crippen molar-refractivity contribution in [3.8, 4) is 0 Å². The zero-order valence-electron chi connectivity index (χ0n) is 11.1. The first kappa shape index (κ1) is 13.8. The van der Waals surface area contributed by atoms with E-state index < -0.39 is 0 Å². The van der Waals surface area contributed by atoms with E-state index in [1.54, 1.807) is 16.4 Å². The molecule has 0 unspecified atom stereocenters. The van der Waals surface area contributed by atoms with E-state index >= 15 is 0 Å². The van der Waals surface area contributed by atoms with Gasteiger partial charge in [-0.05, 0) is 26.0 Å². The van der Waals surface area contributed by atoms with E-state index in [1.165, 1.54) is 6.33 Å². The minimum absolute atomic E-state index is 0.170. The van der Waals surface area contributed by atoms with Gasteiger partial charge in [-0.2, -0.15) is 5.10 Å². The molecule has 1 heterocycles. The molecule has 5 heteroatoms. The molecule has 0 saturated carbocycles. The third-order valence-electron chi connectivity index (χ3n) is 2.63. The maximum Gasteiger partial charge on any atom is 0.150 e. The Hall–Kier alpha value is -1.62. The standard InChI is InChI=1S/C14H17N3OS/c1-11(2)17-14(15-10-16-17)8-12(18)9-19-13-6-4-3-5-7-13/h3-7,10-11H,8-9H2,1-2H3. The van der Waals surface area contributed by atoms with E-state index in [0.29, 0.717) is 12.2 Å². The van der Waals surface area contributed by atoms with Crippen molar-refractivity contribution in [3.05, 3.63) is 42.5 Å². The van der Waals surface area contributed by atoms with Crippen LogP contribution in [0.5, 0.6) is 0 Å². The largest absolute Gasteiger partial charge is 0.298 e. The van der Waals surface area contributed by atoms with E-state index in [2.05, 4.69) is 10.1 Å². The highest BCUT2D eigenvalue weighted by Gasteiger charge is 2.12. The van der Waals surface area contributed by atoms with Gasteiger partial charge in [0.2, 0.25) is 0 Å². The van der Waals surface area contributed by atoms with Crippen LogP contribution in [0.2, 0.25) is 0 Å². The summed E-state index contributed by atoms with van der Waals surface area (Å²) in [6.45, 7) is 4.06. The molecule has 0 amide bonds. The Balaban J connectivity index is 1.89. The molecule has 100 valence electrons. The van der Waals surface area contributed by atoms with Crippen LogP contribution in [0, 0.1) is 0 Å². The number of benzene rings is 1. The Morgan fingerprint density at radius 3 is 2.74 bits per heavy atom. The summed E-state index contributed by atoms with van der Waals surface area (Å²) in [6.07, 6.45) is 1.85.